The van der Waals surface area contributed by atoms with Crippen molar-refractivity contribution in [2.45, 2.75) is 44.6 Å². The van der Waals surface area contributed by atoms with Crippen molar-refractivity contribution in [2.75, 3.05) is 19.4 Å². The molecule has 0 N–H and O–H groups in total. The van der Waals surface area contributed by atoms with Gasteiger partial charge in [0.15, 0.2) is 5.16 Å². The summed E-state index contributed by atoms with van der Waals surface area (Å²) in [5.74, 6) is 0.210. The van der Waals surface area contributed by atoms with Crippen molar-refractivity contribution in [3.8, 4) is 0 Å². The van der Waals surface area contributed by atoms with Gasteiger partial charge < -0.3 is 9.64 Å². The lowest BCUT2D eigenvalue weighted by Crippen LogP contribution is -2.29. The van der Waals surface area contributed by atoms with Crippen LogP contribution in [0.4, 0.5) is 0 Å². The van der Waals surface area contributed by atoms with Crippen molar-refractivity contribution >= 4 is 28.6 Å². The van der Waals surface area contributed by atoms with Crippen LogP contribution in [0.15, 0.2) is 64.5 Å². The Hall–Kier alpha value is -2.64. The van der Waals surface area contributed by atoms with E-state index in [1.807, 2.05) is 62.4 Å². The average molecular weight is 440 g/mol. The Morgan fingerprint density at radius 1 is 1.13 bits per heavy atom. The molecule has 1 aromatic heterocycles. The standard InChI is InChI=1S/C24H29N3O3S/c1-18(2)30-15-9-14-27-23(29)20-12-7-8-13-21(20)25-24(27)31-17-22(28)26(3)16-19-10-5-4-6-11-19/h4-8,10-13,18H,9,14-17H2,1-3H3. The Bertz CT molecular complexity index is 1070. The molecule has 31 heavy (non-hydrogen) atoms. The third-order valence-corrected chi connectivity index (χ3v) is 5.78. The number of carbonyl (C=O) groups is 1. The molecule has 0 unspecified atom stereocenters. The molecule has 1 amide bonds. The van der Waals surface area contributed by atoms with Gasteiger partial charge in [-0.2, -0.15) is 0 Å². The Balaban J connectivity index is 1.73. The number of hydrogen-bond acceptors (Lipinski definition) is 5. The lowest BCUT2D eigenvalue weighted by atomic mass is 10.2. The van der Waals surface area contributed by atoms with Crippen molar-refractivity contribution in [3.05, 3.63) is 70.5 Å². The van der Waals surface area contributed by atoms with Crippen LogP contribution in [0.3, 0.4) is 0 Å². The monoisotopic (exact) mass is 439 g/mol. The second kappa shape index (κ2) is 11.1. The summed E-state index contributed by atoms with van der Waals surface area (Å²) in [6, 6.07) is 17.2. The van der Waals surface area contributed by atoms with Gasteiger partial charge in [-0.15, -0.1) is 0 Å². The molecule has 1 heterocycles. The third-order valence-electron chi connectivity index (χ3n) is 4.82. The molecule has 0 radical (unpaired) electrons. The SMILES string of the molecule is CC(C)OCCCn1c(SCC(=O)N(C)Cc2ccccc2)nc2ccccc2c1=O. The first-order valence-corrected chi connectivity index (χ1v) is 11.5. The molecule has 0 saturated heterocycles. The van der Waals surface area contributed by atoms with Gasteiger partial charge in [-0.05, 0) is 38.0 Å². The van der Waals surface area contributed by atoms with Crippen LogP contribution in [0.5, 0.6) is 0 Å². The van der Waals surface area contributed by atoms with E-state index in [0.717, 1.165) is 5.56 Å². The van der Waals surface area contributed by atoms with Crippen molar-refractivity contribution in [3.63, 3.8) is 0 Å². The zero-order chi connectivity index (χ0) is 22.2. The van der Waals surface area contributed by atoms with Crippen molar-refractivity contribution < 1.29 is 9.53 Å². The number of hydrogen-bond donors (Lipinski definition) is 0. The molecule has 3 rings (SSSR count). The van der Waals surface area contributed by atoms with Crippen LogP contribution in [0.2, 0.25) is 0 Å². The minimum absolute atomic E-state index is 0.00838. The molecular weight excluding hydrogens is 410 g/mol. The molecule has 0 atom stereocenters. The van der Waals surface area contributed by atoms with E-state index in [2.05, 4.69) is 4.98 Å². The molecule has 0 aliphatic rings. The lowest BCUT2D eigenvalue weighted by Gasteiger charge is -2.18. The molecule has 7 heteroatoms. The smallest absolute Gasteiger partial charge is 0.262 e. The summed E-state index contributed by atoms with van der Waals surface area (Å²) >= 11 is 1.31. The highest BCUT2D eigenvalue weighted by Gasteiger charge is 2.15. The fraction of sp³-hybridized carbons (Fsp3) is 0.375. The molecule has 0 saturated carbocycles. The van der Waals surface area contributed by atoms with E-state index < -0.39 is 0 Å². The summed E-state index contributed by atoms with van der Waals surface area (Å²) in [7, 11) is 1.79. The van der Waals surface area contributed by atoms with Gasteiger partial charge >= 0.3 is 0 Å². The first-order chi connectivity index (χ1) is 15.0. The number of nitrogens with zero attached hydrogens (tertiary/aromatic N) is 3. The number of carbonyl (C=O) groups excluding carboxylic acids is 1. The number of fused-ring (bicyclic) bond motifs is 1. The molecule has 3 aromatic rings. The molecule has 6 nitrogen and oxygen atoms in total. The van der Waals surface area contributed by atoms with Crippen LogP contribution >= 0.6 is 11.8 Å². The highest BCUT2D eigenvalue weighted by molar-refractivity contribution is 7.99. The van der Waals surface area contributed by atoms with Gasteiger partial charge in [0.25, 0.3) is 5.56 Å². The topological polar surface area (TPSA) is 64.4 Å². The van der Waals surface area contributed by atoms with E-state index in [9.17, 15) is 9.59 Å². The summed E-state index contributed by atoms with van der Waals surface area (Å²) in [6.45, 7) is 5.59. The lowest BCUT2D eigenvalue weighted by molar-refractivity contribution is -0.127. The normalized spacial score (nSPS) is 11.2. The second-order valence-corrected chi connectivity index (χ2v) is 8.61. The minimum Gasteiger partial charge on any atom is -0.379 e. The molecule has 0 spiro atoms. The Morgan fingerprint density at radius 3 is 2.58 bits per heavy atom. The van der Waals surface area contributed by atoms with Crippen molar-refractivity contribution in [1.29, 1.82) is 0 Å². The molecule has 0 aliphatic heterocycles. The molecule has 0 aliphatic carbocycles. The van der Waals surface area contributed by atoms with E-state index in [4.69, 9.17) is 4.74 Å². The quantitative estimate of drug-likeness (QED) is 0.272. The van der Waals surface area contributed by atoms with Crippen LogP contribution in [-0.4, -0.2) is 45.9 Å². The first-order valence-electron chi connectivity index (χ1n) is 10.5. The minimum atomic E-state index is -0.0808. The van der Waals surface area contributed by atoms with E-state index in [-0.39, 0.29) is 23.3 Å². The van der Waals surface area contributed by atoms with E-state index in [1.165, 1.54) is 11.8 Å². The predicted molar refractivity (Wildman–Crippen MR) is 125 cm³/mol. The number of para-hydroxylation sites is 1. The summed E-state index contributed by atoms with van der Waals surface area (Å²) in [5.41, 5.74) is 1.65. The Kier molecular flexibility index (Phi) is 8.26. The van der Waals surface area contributed by atoms with Crippen molar-refractivity contribution in [2.24, 2.45) is 0 Å². The maximum atomic E-state index is 13.1. The molecule has 164 valence electrons. The van der Waals surface area contributed by atoms with Gasteiger partial charge in [0.05, 0.1) is 22.8 Å². The fourth-order valence-corrected chi connectivity index (χ4v) is 4.14. The van der Waals surface area contributed by atoms with Crippen LogP contribution in [0.1, 0.15) is 25.8 Å². The largest absolute Gasteiger partial charge is 0.379 e. The average Bonchev–Trinajstić information content (AvgIpc) is 2.77. The first kappa shape index (κ1) is 23.0. The zero-order valence-electron chi connectivity index (χ0n) is 18.3. The number of thioether (sulfide) groups is 1. The highest BCUT2D eigenvalue weighted by Crippen LogP contribution is 2.19. The van der Waals surface area contributed by atoms with Crippen LogP contribution < -0.4 is 5.56 Å². The number of amides is 1. The summed E-state index contributed by atoms with van der Waals surface area (Å²) in [6.07, 6.45) is 0.853. The molecular formula is C24H29N3O3S. The number of benzene rings is 2. The number of rotatable bonds is 10. The summed E-state index contributed by atoms with van der Waals surface area (Å²) in [5, 5.41) is 1.15. The van der Waals surface area contributed by atoms with Gasteiger partial charge in [-0.3, -0.25) is 14.2 Å². The fourth-order valence-electron chi connectivity index (χ4n) is 3.18. The maximum absolute atomic E-state index is 13.1. The van der Waals surface area contributed by atoms with E-state index >= 15 is 0 Å². The van der Waals surface area contributed by atoms with Crippen LogP contribution in [0, 0.1) is 0 Å². The van der Waals surface area contributed by atoms with E-state index in [0.29, 0.717) is 42.2 Å². The molecule has 0 fully saturated rings. The van der Waals surface area contributed by atoms with Gasteiger partial charge in [0.1, 0.15) is 0 Å². The van der Waals surface area contributed by atoms with Gasteiger partial charge in [-0.1, -0.05) is 54.2 Å². The van der Waals surface area contributed by atoms with Gasteiger partial charge in [0.2, 0.25) is 5.91 Å². The Labute approximate surface area is 187 Å². The van der Waals surface area contributed by atoms with Gasteiger partial charge in [-0.25, -0.2) is 4.98 Å². The van der Waals surface area contributed by atoms with E-state index in [1.54, 1.807) is 22.6 Å². The highest BCUT2D eigenvalue weighted by atomic mass is 32.2. The summed E-state index contributed by atoms with van der Waals surface area (Å²) in [4.78, 5) is 32.1. The number of ether oxygens (including phenoxy) is 1. The predicted octanol–water partition coefficient (Wildman–Crippen LogP) is 3.96. The van der Waals surface area contributed by atoms with Crippen LogP contribution in [0.25, 0.3) is 10.9 Å². The second-order valence-electron chi connectivity index (χ2n) is 7.67. The number of aromatic nitrogens is 2. The zero-order valence-corrected chi connectivity index (χ0v) is 19.1. The Morgan fingerprint density at radius 2 is 1.84 bits per heavy atom. The van der Waals surface area contributed by atoms with Crippen LogP contribution in [-0.2, 0) is 22.6 Å². The van der Waals surface area contributed by atoms with Crippen molar-refractivity contribution in [1.82, 2.24) is 14.5 Å². The summed E-state index contributed by atoms with van der Waals surface area (Å²) < 4.78 is 7.28. The molecule has 0 bridgehead atoms. The third kappa shape index (κ3) is 6.42. The maximum Gasteiger partial charge on any atom is 0.262 e. The van der Waals surface area contributed by atoms with Gasteiger partial charge in [0, 0.05) is 26.7 Å². The molecule has 2 aromatic carbocycles.